The van der Waals surface area contributed by atoms with Gasteiger partial charge in [-0.1, -0.05) is 0 Å². The third kappa shape index (κ3) is 4.72. The molecular formula is C50H68Cl2Zr. The van der Waals surface area contributed by atoms with Gasteiger partial charge >= 0.3 is 314 Å². The summed E-state index contributed by atoms with van der Waals surface area (Å²) in [7, 11) is 0. The average Bonchev–Trinajstić information content (AvgIpc) is 3.70. The third-order valence-electron chi connectivity index (χ3n) is 18.8. The second kappa shape index (κ2) is 12.7. The topological polar surface area (TPSA) is 0 Å². The quantitative estimate of drug-likeness (QED) is 0.288. The molecule has 0 spiro atoms. The standard InChI is InChI=1S/C29H37.C13H19.C6H5.CH3.CH2.2ClH.Zr/c1-18-25-22-17-19-13-9-10-14-20(19)24(22)21-15-11-12-16-23(21)29(25,8)28(6,7)27(4,5)26(18,2)3;1-11-6-7-12(10-11)13(2)8-4-3-5-9-13;1-2-4-6-5-3-1;;;;;/h9-11,13-15,23H,12,16-17H2,1-8H3;7,10-11H,3-5,8-9H2,1-2H3;1-5H;1H3;1H2;2*1H;. The fourth-order valence-corrected chi connectivity index (χ4v) is 32.8. The summed E-state index contributed by atoms with van der Waals surface area (Å²) in [5.74, 6) is 0.869. The number of hydrogen-bond donors (Lipinski definition) is 0. The van der Waals surface area contributed by atoms with Crippen LogP contribution in [-0.2, 0) is 24.7 Å². The van der Waals surface area contributed by atoms with E-state index in [1.807, 2.05) is 0 Å². The zero-order valence-electron chi connectivity index (χ0n) is 34.8. The number of hydrogen-bond acceptors (Lipinski definition) is 0. The summed E-state index contributed by atoms with van der Waals surface area (Å²) in [6.45, 7) is 26.8. The average molecular weight is 831 g/mol. The molecule has 53 heavy (non-hydrogen) atoms. The first-order valence-electron chi connectivity index (χ1n) is 20.6. The number of allylic oxidation sites excluding steroid dienone is 10. The molecule has 0 radical (unpaired) electrons. The van der Waals surface area contributed by atoms with Gasteiger partial charge in [-0.3, -0.25) is 0 Å². The molecule has 0 saturated heterocycles. The van der Waals surface area contributed by atoms with E-state index >= 15 is 0 Å². The predicted octanol–water partition coefficient (Wildman–Crippen LogP) is 14.3. The van der Waals surface area contributed by atoms with Crippen LogP contribution in [0.5, 0.6) is 0 Å². The van der Waals surface area contributed by atoms with Crippen molar-refractivity contribution in [3.05, 3.63) is 116 Å². The van der Waals surface area contributed by atoms with Gasteiger partial charge in [-0.05, 0) is 0 Å². The zero-order chi connectivity index (χ0) is 36.6. The second-order valence-corrected chi connectivity index (χ2v) is 35.9. The van der Waals surface area contributed by atoms with Crippen LogP contribution in [-0.4, -0.2) is 4.21 Å². The minimum atomic E-state index is -4.77. The fourth-order valence-electron chi connectivity index (χ4n) is 14.3. The van der Waals surface area contributed by atoms with Crippen molar-refractivity contribution in [1.29, 1.82) is 0 Å². The molecule has 0 nitrogen and oxygen atoms in total. The maximum atomic E-state index is 6.04. The number of rotatable bonds is 4. The van der Waals surface area contributed by atoms with Gasteiger partial charge in [0.2, 0.25) is 0 Å². The van der Waals surface area contributed by atoms with Gasteiger partial charge in [0, 0.05) is 0 Å². The van der Waals surface area contributed by atoms with E-state index in [4.69, 9.17) is 4.21 Å². The first kappa shape index (κ1) is 41.1. The van der Waals surface area contributed by atoms with Crippen LogP contribution in [0.3, 0.4) is 0 Å². The van der Waals surface area contributed by atoms with E-state index in [9.17, 15) is 0 Å². The van der Waals surface area contributed by atoms with Crippen molar-refractivity contribution in [3.8, 4) is 0 Å². The van der Waals surface area contributed by atoms with E-state index < -0.39 is 18.3 Å². The fraction of sp³-hybridized carbons (Fsp3) is 0.540. The van der Waals surface area contributed by atoms with Gasteiger partial charge in [0.1, 0.15) is 0 Å². The van der Waals surface area contributed by atoms with E-state index in [0.29, 0.717) is 11.8 Å². The van der Waals surface area contributed by atoms with Crippen molar-refractivity contribution >= 4 is 37.9 Å². The van der Waals surface area contributed by atoms with Crippen LogP contribution in [0.1, 0.15) is 125 Å². The van der Waals surface area contributed by atoms with Gasteiger partial charge in [0.15, 0.2) is 0 Å². The Hall–Kier alpha value is -1.53. The summed E-state index contributed by atoms with van der Waals surface area (Å²) in [4.78, 5) is 0. The normalized spacial score (nSPS) is 31.9. The monoisotopic (exact) mass is 828 g/mol. The Balaban J connectivity index is 0.00000240. The maximum absolute atomic E-state index is 6.04. The molecule has 286 valence electrons. The van der Waals surface area contributed by atoms with Crippen LogP contribution < -0.4 is 3.27 Å². The summed E-state index contributed by atoms with van der Waals surface area (Å²) in [5.41, 5.74) is 11.5. The van der Waals surface area contributed by atoms with Crippen molar-refractivity contribution in [1.82, 2.24) is 0 Å². The van der Waals surface area contributed by atoms with Crippen molar-refractivity contribution in [2.24, 2.45) is 38.9 Å². The van der Waals surface area contributed by atoms with Crippen LogP contribution in [0.25, 0.3) is 5.57 Å². The zero-order valence-corrected chi connectivity index (χ0v) is 38.9. The van der Waals surface area contributed by atoms with E-state index in [1.54, 1.807) is 34.4 Å². The number of halogens is 2. The Morgan fingerprint density at radius 2 is 1.38 bits per heavy atom. The van der Waals surface area contributed by atoms with Crippen LogP contribution in [0.2, 0.25) is 7.75 Å². The van der Waals surface area contributed by atoms with Crippen molar-refractivity contribution in [2.45, 2.75) is 128 Å². The van der Waals surface area contributed by atoms with E-state index in [-0.39, 0.29) is 55.0 Å². The Bertz CT molecular complexity index is 2060. The molecule has 0 N–H and O–H groups in total. The molecule has 0 aliphatic heterocycles. The number of benzene rings is 2. The van der Waals surface area contributed by atoms with Gasteiger partial charge in [-0.2, -0.15) is 0 Å². The molecule has 3 heteroatoms. The van der Waals surface area contributed by atoms with Crippen LogP contribution >= 0.6 is 24.8 Å². The molecule has 4 unspecified atom stereocenters. The van der Waals surface area contributed by atoms with Crippen LogP contribution in [0.4, 0.5) is 0 Å². The molecule has 0 heterocycles. The molecule has 0 aromatic heterocycles. The third-order valence-corrected chi connectivity index (χ3v) is 37.6. The van der Waals surface area contributed by atoms with E-state index in [1.165, 1.54) is 49.7 Å². The summed E-state index contributed by atoms with van der Waals surface area (Å²) in [6, 6.07) is 21.4. The van der Waals surface area contributed by atoms with Crippen molar-refractivity contribution in [3.63, 3.8) is 0 Å². The molecule has 0 amide bonds. The molecule has 0 bridgehead atoms. The molecule has 6 aliphatic rings. The van der Waals surface area contributed by atoms with Crippen LogP contribution in [0, 0.1) is 38.9 Å². The van der Waals surface area contributed by atoms with Gasteiger partial charge in [-0.15, -0.1) is 24.8 Å². The molecular weight excluding hydrogens is 763 g/mol. The summed E-state index contributed by atoms with van der Waals surface area (Å²) in [5, 5.41) is 0. The van der Waals surface area contributed by atoms with Crippen molar-refractivity contribution < 1.29 is 18.3 Å². The predicted molar refractivity (Wildman–Crippen MR) is 234 cm³/mol. The summed E-state index contributed by atoms with van der Waals surface area (Å²) >= 11 is -4.77. The molecule has 2 saturated carbocycles. The van der Waals surface area contributed by atoms with Gasteiger partial charge in [-0.25, -0.2) is 0 Å². The first-order chi connectivity index (χ1) is 23.8. The minimum absolute atomic E-state index is 0. The summed E-state index contributed by atoms with van der Waals surface area (Å²) < 4.78 is 12.0. The van der Waals surface area contributed by atoms with E-state index in [0.717, 1.165) is 12.8 Å². The van der Waals surface area contributed by atoms with Gasteiger partial charge in [0.25, 0.3) is 0 Å². The molecule has 8 rings (SSSR count). The summed E-state index contributed by atoms with van der Waals surface area (Å²) in [6.07, 6.45) is 20.7. The SMILES string of the molecule is Cl.Cl.[CH2]=[Zr]([CH3])([C]1=CC(C2(C)CCCCC2)=CC1C)([c]1ccccc1)[C]1(C)C2=C3Cc4ccccc4C3=C3C=CCCC3C2(C)C(C)(C)C(C)(C)C1(C)C. The number of fused-ring (bicyclic) bond motifs is 6. The molecule has 2 aromatic rings. The molecule has 6 aliphatic carbocycles. The Labute approximate surface area is 336 Å². The van der Waals surface area contributed by atoms with Gasteiger partial charge in [0.05, 0.1) is 0 Å². The van der Waals surface area contributed by atoms with Gasteiger partial charge < -0.3 is 0 Å². The Morgan fingerprint density at radius 3 is 2.04 bits per heavy atom. The van der Waals surface area contributed by atoms with Crippen molar-refractivity contribution in [2.75, 3.05) is 0 Å². The van der Waals surface area contributed by atoms with E-state index in [2.05, 4.69) is 153 Å². The molecule has 4 atom stereocenters. The van der Waals surface area contributed by atoms with Crippen LogP contribution in [0.15, 0.2) is 104 Å². The Morgan fingerprint density at radius 1 is 0.755 bits per heavy atom. The second-order valence-electron chi connectivity index (χ2n) is 20.8. The molecule has 2 aromatic carbocycles. The molecule has 2 fully saturated rings. The Kier molecular flexibility index (Phi) is 9.88. The first-order valence-corrected chi connectivity index (χ1v) is 28.5.